The molecule has 0 fully saturated rings. The van der Waals surface area contributed by atoms with E-state index in [9.17, 15) is 9.90 Å². The van der Waals surface area contributed by atoms with Crippen LogP contribution in [0.3, 0.4) is 0 Å². The maximum atomic E-state index is 12.4. The predicted molar refractivity (Wildman–Crippen MR) is 75.8 cm³/mol. The SMILES string of the molecule is O=C1CCCC2=C1[C@H](c1cccc(O)c1)n1ncnc1N2. The Morgan fingerprint density at radius 2 is 2.24 bits per heavy atom. The van der Waals surface area contributed by atoms with Crippen molar-refractivity contribution in [3.8, 4) is 5.75 Å². The zero-order valence-corrected chi connectivity index (χ0v) is 11.3. The number of anilines is 1. The van der Waals surface area contributed by atoms with Crippen molar-refractivity contribution in [3.05, 3.63) is 47.4 Å². The number of aromatic nitrogens is 3. The standard InChI is InChI=1S/C15H14N4O2/c20-10-4-1-3-9(7-10)14-13-11(5-2-6-12(13)21)18-15-16-8-17-19(14)15/h1,3-4,7-8,14,20H,2,5-6H2,(H,16,17,18)/t14-/m0/s1. The van der Waals surface area contributed by atoms with Crippen LogP contribution in [0.25, 0.3) is 0 Å². The number of Topliss-reactive ketones (excluding diaryl/α,β-unsaturated/α-hetero) is 1. The number of fused-ring (bicyclic) bond motifs is 1. The van der Waals surface area contributed by atoms with Crippen LogP contribution in [0.2, 0.25) is 0 Å². The molecule has 1 aliphatic heterocycles. The van der Waals surface area contributed by atoms with Gasteiger partial charge in [0.1, 0.15) is 18.1 Å². The Labute approximate surface area is 121 Å². The van der Waals surface area contributed by atoms with Gasteiger partial charge in [-0.1, -0.05) is 12.1 Å². The molecule has 1 aromatic heterocycles. The van der Waals surface area contributed by atoms with Crippen LogP contribution in [0.15, 0.2) is 41.9 Å². The molecule has 2 aromatic rings. The normalized spacial score (nSPS) is 20.8. The first-order valence-electron chi connectivity index (χ1n) is 6.96. The lowest BCUT2D eigenvalue weighted by atomic mass is 9.85. The number of nitrogens with one attached hydrogen (secondary N) is 1. The molecule has 2 aliphatic rings. The summed E-state index contributed by atoms with van der Waals surface area (Å²) in [6, 6.07) is 6.64. The summed E-state index contributed by atoms with van der Waals surface area (Å²) in [4.78, 5) is 16.6. The third kappa shape index (κ3) is 1.83. The molecule has 6 heteroatoms. The number of benzene rings is 1. The molecule has 1 atom stereocenters. The van der Waals surface area contributed by atoms with Gasteiger partial charge in [0, 0.05) is 17.7 Å². The van der Waals surface area contributed by atoms with E-state index in [2.05, 4.69) is 15.4 Å². The van der Waals surface area contributed by atoms with E-state index in [1.54, 1.807) is 22.9 Å². The summed E-state index contributed by atoms with van der Waals surface area (Å²) in [5.74, 6) is 0.952. The number of aromatic hydroxyl groups is 1. The number of hydrogen-bond donors (Lipinski definition) is 2. The van der Waals surface area contributed by atoms with Gasteiger partial charge in [-0.15, -0.1) is 0 Å². The van der Waals surface area contributed by atoms with Crippen molar-refractivity contribution >= 4 is 11.7 Å². The minimum atomic E-state index is -0.321. The lowest BCUT2D eigenvalue weighted by Crippen LogP contribution is -2.31. The molecule has 0 spiro atoms. The van der Waals surface area contributed by atoms with E-state index in [0.29, 0.717) is 12.4 Å². The smallest absolute Gasteiger partial charge is 0.226 e. The van der Waals surface area contributed by atoms with Crippen LogP contribution < -0.4 is 5.32 Å². The summed E-state index contributed by atoms with van der Waals surface area (Å²) >= 11 is 0. The van der Waals surface area contributed by atoms with Crippen molar-refractivity contribution in [3.63, 3.8) is 0 Å². The van der Waals surface area contributed by atoms with Crippen molar-refractivity contribution in [2.24, 2.45) is 0 Å². The molecule has 0 unspecified atom stereocenters. The average molecular weight is 282 g/mol. The molecule has 1 aromatic carbocycles. The van der Waals surface area contributed by atoms with E-state index in [0.717, 1.165) is 29.7 Å². The van der Waals surface area contributed by atoms with E-state index in [4.69, 9.17) is 0 Å². The van der Waals surface area contributed by atoms with Crippen LogP contribution in [0.4, 0.5) is 5.95 Å². The minimum absolute atomic E-state index is 0.137. The fourth-order valence-electron chi connectivity index (χ4n) is 3.10. The van der Waals surface area contributed by atoms with Gasteiger partial charge in [0.2, 0.25) is 5.95 Å². The Kier molecular flexibility index (Phi) is 2.57. The number of nitrogens with zero attached hydrogens (tertiary/aromatic N) is 3. The van der Waals surface area contributed by atoms with Gasteiger partial charge in [-0.2, -0.15) is 10.1 Å². The van der Waals surface area contributed by atoms with Gasteiger partial charge in [0.05, 0.1) is 0 Å². The van der Waals surface area contributed by atoms with Crippen molar-refractivity contribution in [1.29, 1.82) is 0 Å². The molecule has 2 heterocycles. The van der Waals surface area contributed by atoms with E-state index < -0.39 is 0 Å². The number of phenols is 1. The number of carbonyl (C=O) groups excluding carboxylic acids is 1. The van der Waals surface area contributed by atoms with Crippen molar-refractivity contribution < 1.29 is 9.90 Å². The molecule has 1 aliphatic carbocycles. The number of hydrogen-bond acceptors (Lipinski definition) is 5. The van der Waals surface area contributed by atoms with Crippen LogP contribution in [-0.2, 0) is 4.79 Å². The van der Waals surface area contributed by atoms with E-state index in [-0.39, 0.29) is 17.6 Å². The summed E-state index contributed by atoms with van der Waals surface area (Å²) in [6.07, 6.45) is 3.72. The summed E-state index contributed by atoms with van der Waals surface area (Å²) in [5, 5.41) is 17.2. The Bertz CT molecular complexity index is 763. The largest absolute Gasteiger partial charge is 0.508 e. The first-order chi connectivity index (χ1) is 10.2. The van der Waals surface area contributed by atoms with E-state index in [1.807, 2.05) is 6.07 Å². The van der Waals surface area contributed by atoms with Gasteiger partial charge < -0.3 is 10.4 Å². The zero-order chi connectivity index (χ0) is 14.4. The van der Waals surface area contributed by atoms with Gasteiger partial charge in [-0.25, -0.2) is 4.68 Å². The second-order valence-electron chi connectivity index (χ2n) is 5.32. The highest BCUT2D eigenvalue weighted by Crippen LogP contribution is 2.39. The van der Waals surface area contributed by atoms with Crippen LogP contribution in [0.1, 0.15) is 30.9 Å². The predicted octanol–water partition coefficient (Wildman–Crippen LogP) is 2.01. The van der Waals surface area contributed by atoms with Crippen molar-refractivity contribution in [2.45, 2.75) is 25.3 Å². The number of rotatable bonds is 1. The highest BCUT2D eigenvalue weighted by Gasteiger charge is 2.35. The van der Waals surface area contributed by atoms with E-state index in [1.165, 1.54) is 6.33 Å². The summed E-state index contributed by atoms with van der Waals surface area (Å²) in [6.45, 7) is 0. The second kappa shape index (κ2) is 4.44. The third-order valence-electron chi connectivity index (χ3n) is 4.00. The van der Waals surface area contributed by atoms with Gasteiger partial charge in [-0.05, 0) is 30.5 Å². The van der Waals surface area contributed by atoms with Gasteiger partial charge in [0.25, 0.3) is 0 Å². The van der Waals surface area contributed by atoms with Gasteiger partial charge in [-0.3, -0.25) is 4.79 Å². The summed E-state index contributed by atoms with van der Waals surface area (Å²) < 4.78 is 1.71. The number of ketones is 1. The maximum absolute atomic E-state index is 12.4. The molecule has 6 nitrogen and oxygen atoms in total. The first kappa shape index (κ1) is 12.1. The summed E-state index contributed by atoms with van der Waals surface area (Å²) in [7, 11) is 0. The highest BCUT2D eigenvalue weighted by atomic mass is 16.3. The Hall–Kier alpha value is -2.63. The topological polar surface area (TPSA) is 80.0 Å². The molecule has 0 bridgehead atoms. The number of allylic oxidation sites excluding steroid dienone is 2. The van der Waals surface area contributed by atoms with Crippen LogP contribution in [0.5, 0.6) is 5.75 Å². The van der Waals surface area contributed by atoms with Crippen molar-refractivity contribution in [1.82, 2.24) is 14.8 Å². The molecule has 2 N–H and O–H groups in total. The molecule has 0 radical (unpaired) electrons. The molecule has 106 valence electrons. The summed E-state index contributed by atoms with van der Waals surface area (Å²) in [5.41, 5.74) is 2.51. The number of carbonyl (C=O) groups is 1. The van der Waals surface area contributed by atoms with E-state index >= 15 is 0 Å². The second-order valence-corrected chi connectivity index (χ2v) is 5.32. The van der Waals surface area contributed by atoms with Crippen molar-refractivity contribution in [2.75, 3.05) is 5.32 Å². The van der Waals surface area contributed by atoms with Gasteiger partial charge in [0.15, 0.2) is 5.78 Å². The molecular formula is C15H14N4O2. The molecule has 0 amide bonds. The fourth-order valence-corrected chi connectivity index (χ4v) is 3.10. The van der Waals surface area contributed by atoms with Crippen LogP contribution in [0, 0.1) is 0 Å². The average Bonchev–Trinajstić information content (AvgIpc) is 2.93. The van der Waals surface area contributed by atoms with Crippen LogP contribution in [-0.4, -0.2) is 25.7 Å². The van der Waals surface area contributed by atoms with Crippen LogP contribution >= 0.6 is 0 Å². The Balaban J connectivity index is 1.93. The molecular weight excluding hydrogens is 268 g/mol. The lowest BCUT2D eigenvalue weighted by Gasteiger charge is -2.32. The molecule has 4 rings (SSSR count). The monoisotopic (exact) mass is 282 g/mol. The fraction of sp³-hybridized carbons (Fsp3) is 0.267. The zero-order valence-electron chi connectivity index (χ0n) is 11.3. The minimum Gasteiger partial charge on any atom is -0.508 e. The molecule has 0 saturated heterocycles. The third-order valence-corrected chi connectivity index (χ3v) is 4.00. The molecule has 0 saturated carbocycles. The Morgan fingerprint density at radius 1 is 1.33 bits per heavy atom. The quantitative estimate of drug-likeness (QED) is 0.836. The number of phenolic OH excluding ortho intramolecular Hbond substituents is 1. The lowest BCUT2D eigenvalue weighted by molar-refractivity contribution is -0.116. The Morgan fingerprint density at radius 3 is 3.10 bits per heavy atom. The molecule has 21 heavy (non-hydrogen) atoms. The first-order valence-corrected chi connectivity index (χ1v) is 6.96. The van der Waals surface area contributed by atoms with Gasteiger partial charge >= 0.3 is 0 Å². The highest BCUT2D eigenvalue weighted by molar-refractivity contribution is 5.99. The maximum Gasteiger partial charge on any atom is 0.226 e.